The Kier molecular flexibility index (Phi) is 3.05. The van der Waals surface area contributed by atoms with E-state index in [9.17, 15) is 0 Å². The summed E-state index contributed by atoms with van der Waals surface area (Å²) in [6.45, 7) is 0. The molecule has 0 spiro atoms. The molecule has 1 heterocycles. The molecule has 0 saturated carbocycles. The molecule has 0 unspecified atom stereocenters. The topological polar surface area (TPSA) is 54.7 Å². The van der Waals surface area contributed by atoms with E-state index in [0.717, 1.165) is 5.52 Å². The average molecular weight is 313 g/mol. The maximum absolute atomic E-state index is 6.09. The third-order valence-corrected chi connectivity index (χ3v) is 3.65. The Morgan fingerprint density at radius 3 is 2.58 bits per heavy atom. The molecule has 1 aromatic heterocycles. The summed E-state index contributed by atoms with van der Waals surface area (Å²) < 4.78 is 0. The normalized spacial score (nSPS) is 11.1. The van der Waals surface area contributed by atoms with Gasteiger partial charge in [0.15, 0.2) is 0 Å². The maximum atomic E-state index is 6.09. The molecule has 3 nitrogen and oxygen atoms in total. The van der Waals surface area contributed by atoms with E-state index in [1.165, 1.54) is 0 Å². The van der Waals surface area contributed by atoms with E-state index in [1.807, 2.05) is 12.1 Å². The SMILES string of the molecule is Nc1c(Cl)cc(Cl)cc1-c1nc2c(Cl)cccc2[nH]1. The highest BCUT2D eigenvalue weighted by Gasteiger charge is 2.13. The number of aromatic amines is 1. The van der Waals surface area contributed by atoms with Crippen LogP contribution in [0, 0.1) is 0 Å². The predicted octanol–water partition coefficient (Wildman–Crippen LogP) is 4.77. The molecule has 6 heteroatoms. The molecule has 19 heavy (non-hydrogen) atoms. The summed E-state index contributed by atoms with van der Waals surface area (Å²) in [6, 6.07) is 8.83. The Hall–Kier alpha value is -1.42. The van der Waals surface area contributed by atoms with Crippen molar-refractivity contribution in [1.29, 1.82) is 0 Å². The Balaban J connectivity index is 2.28. The zero-order valence-corrected chi connectivity index (χ0v) is 11.8. The van der Waals surface area contributed by atoms with Crippen molar-refractivity contribution in [2.75, 3.05) is 5.73 Å². The van der Waals surface area contributed by atoms with Crippen LogP contribution in [0.2, 0.25) is 15.1 Å². The maximum Gasteiger partial charge on any atom is 0.140 e. The lowest BCUT2D eigenvalue weighted by Crippen LogP contribution is -1.92. The second kappa shape index (κ2) is 4.60. The molecule has 0 aliphatic rings. The third-order valence-electron chi connectivity index (χ3n) is 2.81. The molecule has 0 aliphatic heterocycles. The largest absolute Gasteiger partial charge is 0.397 e. The summed E-state index contributed by atoms with van der Waals surface area (Å²) in [5.74, 6) is 0.588. The molecule has 96 valence electrons. The number of nitrogens with two attached hydrogens (primary N) is 1. The summed E-state index contributed by atoms with van der Waals surface area (Å²) in [6.07, 6.45) is 0. The molecule has 0 atom stereocenters. The molecule has 3 aromatic rings. The van der Waals surface area contributed by atoms with Gasteiger partial charge in [-0.3, -0.25) is 0 Å². The highest BCUT2D eigenvalue weighted by atomic mass is 35.5. The van der Waals surface area contributed by atoms with Gasteiger partial charge in [0.05, 0.1) is 21.2 Å². The van der Waals surface area contributed by atoms with Crippen LogP contribution in [-0.2, 0) is 0 Å². The fourth-order valence-electron chi connectivity index (χ4n) is 1.91. The molecule has 3 N–H and O–H groups in total. The van der Waals surface area contributed by atoms with Crippen molar-refractivity contribution in [2.45, 2.75) is 0 Å². The second-order valence-electron chi connectivity index (χ2n) is 4.07. The van der Waals surface area contributed by atoms with Crippen molar-refractivity contribution in [3.05, 3.63) is 45.4 Å². The van der Waals surface area contributed by atoms with E-state index >= 15 is 0 Å². The lowest BCUT2D eigenvalue weighted by atomic mass is 10.1. The van der Waals surface area contributed by atoms with E-state index in [0.29, 0.717) is 37.7 Å². The van der Waals surface area contributed by atoms with E-state index in [-0.39, 0.29) is 0 Å². The van der Waals surface area contributed by atoms with Crippen LogP contribution in [0.4, 0.5) is 5.69 Å². The number of nitrogens with zero attached hydrogens (tertiary/aromatic N) is 1. The first kappa shape index (κ1) is 12.6. The van der Waals surface area contributed by atoms with Gasteiger partial charge in [0.25, 0.3) is 0 Å². The molecular weight excluding hydrogens is 305 g/mol. The molecule has 3 rings (SSSR count). The minimum atomic E-state index is 0.397. The van der Waals surface area contributed by atoms with Gasteiger partial charge in [0, 0.05) is 10.6 Å². The smallest absolute Gasteiger partial charge is 0.140 e. The van der Waals surface area contributed by atoms with Crippen molar-refractivity contribution >= 4 is 51.5 Å². The Labute approximate surface area is 124 Å². The van der Waals surface area contributed by atoms with Gasteiger partial charge >= 0.3 is 0 Å². The number of nitrogen functional groups attached to an aromatic ring is 1. The number of fused-ring (bicyclic) bond motifs is 1. The minimum absolute atomic E-state index is 0.397. The van der Waals surface area contributed by atoms with Crippen molar-refractivity contribution in [3.8, 4) is 11.4 Å². The Morgan fingerprint density at radius 1 is 1.05 bits per heavy atom. The number of rotatable bonds is 1. The number of anilines is 1. The fraction of sp³-hybridized carbons (Fsp3) is 0. The quantitative estimate of drug-likeness (QED) is 0.636. The number of halogens is 3. The van der Waals surface area contributed by atoms with Crippen LogP contribution in [-0.4, -0.2) is 9.97 Å². The lowest BCUT2D eigenvalue weighted by molar-refractivity contribution is 1.34. The number of para-hydroxylation sites is 1. The minimum Gasteiger partial charge on any atom is -0.397 e. The van der Waals surface area contributed by atoms with E-state index in [2.05, 4.69) is 9.97 Å². The van der Waals surface area contributed by atoms with Crippen molar-refractivity contribution in [2.24, 2.45) is 0 Å². The summed E-state index contributed by atoms with van der Waals surface area (Å²) in [7, 11) is 0. The summed E-state index contributed by atoms with van der Waals surface area (Å²) in [5, 5.41) is 1.47. The second-order valence-corrected chi connectivity index (χ2v) is 5.32. The van der Waals surface area contributed by atoms with Crippen LogP contribution in [0.1, 0.15) is 0 Å². The first-order valence-electron chi connectivity index (χ1n) is 5.45. The molecule has 0 saturated heterocycles. The Bertz CT molecular complexity index is 780. The van der Waals surface area contributed by atoms with Gasteiger partial charge in [-0.15, -0.1) is 0 Å². The number of nitrogens with one attached hydrogen (secondary N) is 1. The fourth-order valence-corrected chi connectivity index (χ4v) is 2.62. The number of imidazole rings is 1. The van der Waals surface area contributed by atoms with Crippen molar-refractivity contribution < 1.29 is 0 Å². The number of hydrogen-bond donors (Lipinski definition) is 2. The zero-order chi connectivity index (χ0) is 13.6. The van der Waals surface area contributed by atoms with Crippen molar-refractivity contribution in [1.82, 2.24) is 9.97 Å². The van der Waals surface area contributed by atoms with E-state index in [1.54, 1.807) is 18.2 Å². The molecule has 0 radical (unpaired) electrons. The van der Waals surface area contributed by atoms with Gasteiger partial charge in [0.1, 0.15) is 11.3 Å². The third kappa shape index (κ3) is 2.14. The van der Waals surface area contributed by atoms with Gasteiger partial charge in [-0.25, -0.2) is 4.98 Å². The molecule has 0 aliphatic carbocycles. The number of H-pyrrole nitrogens is 1. The van der Waals surface area contributed by atoms with Crippen LogP contribution >= 0.6 is 34.8 Å². The monoisotopic (exact) mass is 311 g/mol. The zero-order valence-electron chi connectivity index (χ0n) is 9.55. The van der Waals surface area contributed by atoms with Crippen LogP contribution < -0.4 is 5.73 Å². The molecular formula is C13H8Cl3N3. The molecule has 0 amide bonds. The van der Waals surface area contributed by atoms with Gasteiger partial charge < -0.3 is 10.7 Å². The van der Waals surface area contributed by atoms with Crippen LogP contribution in [0.25, 0.3) is 22.4 Å². The van der Waals surface area contributed by atoms with Crippen LogP contribution in [0.15, 0.2) is 30.3 Å². The predicted molar refractivity (Wildman–Crippen MR) is 81.0 cm³/mol. The first-order chi connectivity index (χ1) is 9.06. The standard InChI is InChI=1S/C13H8Cl3N3/c14-6-4-7(11(17)9(16)5-6)13-18-10-3-1-2-8(15)12(10)19-13/h1-5H,17H2,(H,18,19). The number of hydrogen-bond acceptors (Lipinski definition) is 2. The lowest BCUT2D eigenvalue weighted by Gasteiger charge is -2.05. The van der Waals surface area contributed by atoms with Gasteiger partial charge in [-0.2, -0.15) is 0 Å². The number of benzene rings is 2. The Morgan fingerprint density at radius 2 is 1.84 bits per heavy atom. The van der Waals surface area contributed by atoms with Gasteiger partial charge in [-0.1, -0.05) is 40.9 Å². The molecule has 2 aromatic carbocycles. The highest BCUT2D eigenvalue weighted by molar-refractivity contribution is 6.37. The summed E-state index contributed by atoms with van der Waals surface area (Å²) in [4.78, 5) is 7.60. The van der Waals surface area contributed by atoms with Crippen LogP contribution in [0.5, 0.6) is 0 Å². The summed E-state index contributed by atoms with van der Waals surface area (Å²) >= 11 is 18.1. The van der Waals surface area contributed by atoms with Gasteiger partial charge in [0.2, 0.25) is 0 Å². The molecule has 0 bridgehead atoms. The molecule has 0 fully saturated rings. The van der Waals surface area contributed by atoms with Crippen LogP contribution in [0.3, 0.4) is 0 Å². The van der Waals surface area contributed by atoms with Crippen molar-refractivity contribution in [3.63, 3.8) is 0 Å². The number of aromatic nitrogens is 2. The summed E-state index contributed by atoms with van der Waals surface area (Å²) in [5.41, 5.74) is 8.57. The first-order valence-corrected chi connectivity index (χ1v) is 6.59. The van der Waals surface area contributed by atoms with E-state index in [4.69, 9.17) is 40.5 Å². The van der Waals surface area contributed by atoms with Gasteiger partial charge in [-0.05, 0) is 24.3 Å². The highest BCUT2D eigenvalue weighted by Crippen LogP contribution is 2.35. The average Bonchev–Trinajstić information content (AvgIpc) is 2.79. The van der Waals surface area contributed by atoms with E-state index < -0.39 is 0 Å².